The predicted octanol–water partition coefficient (Wildman–Crippen LogP) is 4.27. The molecule has 4 rings (SSSR count). The number of hydrogen-bond acceptors (Lipinski definition) is 6. The van der Waals surface area contributed by atoms with Gasteiger partial charge in [0, 0.05) is 62.2 Å². The lowest BCUT2D eigenvalue weighted by molar-refractivity contribution is -0.133. The van der Waals surface area contributed by atoms with E-state index in [9.17, 15) is 9.59 Å². The van der Waals surface area contributed by atoms with Crippen molar-refractivity contribution in [3.8, 4) is 0 Å². The second-order valence-electron chi connectivity index (χ2n) is 8.50. The highest BCUT2D eigenvalue weighted by Gasteiger charge is 2.25. The van der Waals surface area contributed by atoms with Crippen molar-refractivity contribution in [1.82, 2.24) is 19.8 Å². The van der Waals surface area contributed by atoms with Crippen LogP contribution in [0.5, 0.6) is 0 Å². The second-order valence-corrected chi connectivity index (χ2v) is 9.75. The highest BCUT2D eigenvalue weighted by molar-refractivity contribution is 6.35. The van der Waals surface area contributed by atoms with Gasteiger partial charge < -0.3 is 20.0 Å². The summed E-state index contributed by atoms with van der Waals surface area (Å²) in [6, 6.07) is 5.21. The maximum Gasteiger partial charge on any atom is 0.227 e. The largest absolute Gasteiger partial charge is 0.362 e. The number of carbonyl (C=O) groups excluding carboxylic acids is 2. The van der Waals surface area contributed by atoms with Crippen LogP contribution in [0.15, 0.2) is 24.4 Å². The minimum absolute atomic E-state index is 0.0763. The van der Waals surface area contributed by atoms with Gasteiger partial charge in [-0.15, -0.1) is 0 Å². The summed E-state index contributed by atoms with van der Waals surface area (Å²) in [5.41, 5.74) is 0.880. The average Bonchev–Trinajstić information content (AvgIpc) is 3.23. The van der Waals surface area contributed by atoms with Crippen LogP contribution in [0, 0.1) is 0 Å². The number of rotatable bonds is 7. The van der Waals surface area contributed by atoms with E-state index >= 15 is 0 Å². The Kier molecular flexibility index (Phi) is 8.01. The molecule has 0 unspecified atom stereocenters. The summed E-state index contributed by atoms with van der Waals surface area (Å²) in [7, 11) is 0. The molecule has 2 aliphatic heterocycles. The van der Waals surface area contributed by atoms with Crippen LogP contribution in [0.2, 0.25) is 15.1 Å². The summed E-state index contributed by atoms with van der Waals surface area (Å²) >= 11 is 18.7. The molecule has 11 heteroatoms. The molecule has 1 aromatic heterocycles. The molecular formula is C23H27Cl3N6O2. The summed E-state index contributed by atoms with van der Waals surface area (Å²) in [6.07, 6.45) is 3.42. The highest BCUT2D eigenvalue weighted by Crippen LogP contribution is 2.30. The number of halogens is 3. The van der Waals surface area contributed by atoms with E-state index in [0.29, 0.717) is 72.4 Å². The molecule has 0 aliphatic carbocycles. The first-order valence-electron chi connectivity index (χ1n) is 11.4. The van der Waals surface area contributed by atoms with E-state index in [1.54, 1.807) is 23.2 Å². The fourth-order valence-electron chi connectivity index (χ4n) is 4.23. The fourth-order valence-corrected chi connectivity index (χ4v) is 4.95. The van der Waals surface area contributed by atoms with Crippen molar-refractivity contribution in [2.75, 3.05) is 49.5 Å². The number of nitrogens with zero attached hydrogens (tertiary/aromatic N) is 5. The molecule has 3 heterocycles. The maximum absolute atomic E-state index is 12.6. The van der Waals surface area contributed by atoms with Gasteiger partial charge in [0.15, 0.2) is 5.82 Å². The lowest BCUT2D eigenvalue weighted by Gasteiger charge is -2.35. The molecule has 0 bridgehead atoms. The summed E-state index contributed by atoms with van der Waals surface area (Å²) in [5, 5.41) is 4.85. The van der Waals surface area contributed by atoms with Gasteiger partial charge in [-0.3, -0.25) is 9.59 Å². The zero-order valence-corrected chi connectivity index (χ0v) is 21.2. The first kappa shape index (κ1) is 24.8. The molecule has 2 saturated heterocycles. The Morgan fingerprint density at radius 1 is 1.12 bits per heavy atom. The van der Waals surface area contributed by atoms with Gasteiger partial charge in [0.05, 0.1) is 12.2 Å². The molecule has 0 spiro atoms. The van der Waals surface area contributed by atoms with Gasteiger partial charge in [-0.2, -0.15) is 4.98 Å². The van der Waals surface area contributed by atoms with E-state index in [2.05, 4.69) is 15.3 Å². The van der Waals surface area contributed by atoms with Gasteiger partial charge in [0.1, 0.15) is 5.02 Å². The van der Waals surface area contributed by atoms with Crippen LogP contribution in [0.3, 0.4) is 0 Å². The first-order valence-corrected chi connectivity index (χ1v) is 12.5. The smallest absolute Gasteiger partial charge is 0.227 e. The van der Waals surface area contributed by atoms with Gasteiger partial charge in [0.2, 0.25) is 17.8 Å². The van der Waals surface area contributed by atoms with Gasteiger partial charge >= 0.3 is 0 Å². The van der Waals surface area contributed by atoms with E-state index in [1.165, 1.54) is 0 Å². The molecule has 2 aliphatic rings. The number of piperazine rings is 1. The maximum atomic E-state index is 12.6. The molecular weight excluding hydrogens is 499 g/mol. The average molecular weight is 526 g/mol. The fraction of sp³-hybridized carbons (Fsp3) is 0.478. The third kappa shape index (κ3) is 5.85. The molecule has 182 valence electrons. The number of likely N-dealkylation sites (tertiary alicyclic amines) is 1. The Morgan fingerprint density at radius 2 is 1.88 bits per heavy atom. The standard InChI is InChI=1S/C23H27Cl3N6O2/c1-15(17-5-4-16(24)13-18(17)25)28-22-19(26)14-27-23(29-22)32-11-9-31(10-12-32)21(34)6-8-30-7-2-3-20(30)33/h4-5,13-15H,2-3,6-12H2,1H3,(H,27,28,29)/t15-/m1/s1. The van der Waals surface area contributed by atoms with Crippen molar-refractivity contribution in [2.45, 2.75) is 32.2 Å². The van der Waals surface area contributed by atoms with Crippen molar-refractivity contribution in [3.05, 3.63) is 45.0 Å². The second kappa shape index (κ2) is 11.0. The number of amides is 2. The third-order valence-corrected chi connectivity index (χ3v) is 7.03. The Labute approximate surface area is 214 Å². The zero-order valence-electron chi connectivity index (χ0n) is 18.9. The third-order valence-electron chi connectivity index (χ3n) is 6.20. The summed E-state index contributed by atoms with van der Waals surface area (Å²) in [5.74, 6) is 1.29. The highest BCUT2D eigenvalue weighted by atomic mass is 35.5. The first-order chi connectivity index (χ1) is 16.3. The van der Waals surface area contributed by atoms with E-state index < -0.39 is 0 Å². The van der Waals surface area contributed by atoms with E-state index in [1.807, 2.05) is 22.8 Å². The lowest BCUT2D eigenvalue weighted by atomic mass is 10.1. The lowest BCUT2D eigenvalue weighted by Crippen LogP contribution is -2.49. The van der Waals surface area contributed by atoms with Crippen molar-refractivity contribution in [3.63, 3.8) is 0 Å². The molecule has 8 nitrogen and oxygen atoms in total. The molecule has 0 saturated carbocycles. The van der Waals surface area contributed by atoms with Crippen LogP contribution in [0.25, 0.3) is 0 Å². The molecule has 1 atom stereocenters. The Balaban J connectivity index is 1.34. The number of benzene rings is 1. The van der Waals surface area contributed by atoms with Crippen LogP contribution in [-0.2, 0) is 9.59 Å². The monoisotopic (exact) mass is 524 g/mol. The number of carbonyl (C=O) groups is 2. The van der Waals surface area contributed by atoms with Crippen LogP contribution in [-0.4, -0.2) is 70.9 Å². The van der Waals surface area contributed by atoms with Crippen molar-refractivity contribution in [1.29, 1.82) is 0 Å². The Hall–Kier alpha value is -2.29. The molecule has 2 amide bonds. The molecule has 2 aromatic rings. The number of hydrogen-bond donors (Lipinski definition) is 1. The Morgan fingerprint density at radius 3 is 2.56 bits per heavy atom. The van der Waals surface area contributed by atoms with Gasteiger partial charge in [0.25, 0.3) is 0 Å². The van der Waals surface area contributed by atoms with Crippen molar-refractivity contribution >= 4 is 58.4 Å². The predicted molar refractivity (Wildman–Crippen MR) is 135 cm³/mol. The zero-order chi connectivity index (χ0) is 24.2. The number of anilines is 2. The minimum Gasteiger partial charge on any atom is -0.362 e. The number of nitrogens with one attached hydrogen (secondary N) is 1. The van der Waals surface area contributed by atoms with Gasteiger partial charge in [-0.25, -0.2) is 4.98 Å². The van der Waals surface area contributed by atoms with Crippen LogP contribution < -0.4 is 10.2 Å². The number of aromatic nitrogens is 2. The SMILES string of the molecule is C[C@@H](Nc1nc(N2CCN(C(=O)CCN3CCCC3=O)CC2)ncc1Cl)c1ccc(Cl)cc1Cl. The molecule has 1 N–H and O–H groups in total. The van der Waals surface area contributed by atoms with Crippen molar-refractivity contribution in [2.24, 2.45) is 0 Å². The summed E-state index contributed by atoms with van der Waals surface area (Å²) in [4.78, 5) is 39.0. The van der Waals surface area contributed by atoms with Crippen molar-refractivity contribution < 1.29 is 9.59 Å². The van der Waals surface area contributed by atoms with E-state index in [-0.39, 0.29) is 17.9 Å². The van der Waals surface area contributed by atoms with Gasteiger partial charge in [-0.1, -0.05) is 40.9 Å². The van der Waals surface area contributed by atoms with E-state index in [4.69, 9.17) is 34.8 Å². The van der Waals surface area contributed by atoms with Gasteiger partial charge in [-0.05, 0) is 31.0 Å². The quantitative estimate of drug-likeness (QED) is 0.581. The summed E-state index contributed by atoms with van der Waals surface area (Å²) in [6.45, 7) is 5.63. The Bertz CT molecular complexity index is 1060. The molecule has 0 radical (unpaired) electrons. The van der Waals surface area contributed by atoms with Crippen LogP contribution in [0.1, 0.15) is 37.8 Å². The molecule has 2 fully saturated rings. The molecule has 34 heavy (non-hydrogen) atoms. The van der Waals surface area contributed by atoms with Crippen LogP contribution >= 0.6 is 34.8 Å². The van der Waals surface area contributed by atoms with E-state index in [0.717, 1.165) is 18.5 Å². The minimum atomic E-state index is -0.151. The molecule has 1 aromatic carbocycles. The normalized spacial score (nSPS) is 17.3. The topological polar surface area (TPSA) is 81.7 Å². The summed E-state index contributed by atoms with van der Waals surface area (Å²) < 4.78 is 0. The van der Waals surface area contributed by atoms with Crippen LogP contribution in [0.4, 0.5) is 11.8 Å².